The van der Waals surface area contributed by atoms with E-state index < -0.39 is 0 Å². The maximum Gasteiger partial charge on any atom is 0.100 e. The topological polar surface area (TPSA) is 47.6 Å². The molecule has 0 saturated carbocycles. The smallest absolute Gasteiger partial charge is 0.100 e. The maximum atomic E-state index is 8.87. The van der Waals surface area contributed by atoms with E-state index in [-0.39, 0.29) is 0 Å². The summed E-state index contributed by atoms with van der Waals surface area (Å²) in [6, 6.07) is 10.0. The minimum absolute atomic E-state index is 0.503. The number of hydrogen-bond acceptors (Lipinski definition) is 3. The van der Waals surface area contributed by atoms with E-state index >= 15 is 0 Å². The molecule has 3 heteroatoms. The van der Waals surface area contributed by atoms with E-state index in [1.807, 2.05) is 24.5 Å². The number of benzene rings is 1. The van der Waals surface area contributed by atoms with E-state index in [4.69, 9.17) is 10.5 Å². The number of nitrogens with zero attached hydrogens (tertiary/aromatic N) is 2. The fourth-order valence-corrected chi connectivity index (χ4v) is 1.73. The van der Waals surface area contributed by atoms with Gasteiger partial charge >= 0.3 is 0 Å². The minimum Gasteiger partial charge on any atom is -0.198 e. The summed E-state index contributed by atoms with van der Waals surface area (Å²) in [5, 5.41) is 17.3. The van der Waals surface area contributed by atoms with Crippen molar-refractivity contribution in [2.75, 3.05) is 6.26 Å². The van der Waals surface area contributed by atoms with E-state index in [1.54, 1.807) is 11.8 Å². The number of rotatable bonds is 3. The highest BCUT2D eigenvalue weighted by Gasteiger charge is 2.01. The van der Waals surface area contributed by atoms with Gasteiger partial charge in [0.15, 0.2) is 0 Å². The molecule has 1 rings (SSSR count). The highest BCUT2D eigenvalue weighted by atomic mass is 32.2. The monoisotopic (exact) mass is 202 g/mol. The predicted molar refractivity (Wildman–Crippen MR) is 56.9 cm³/mol. The Balaban J connectivity index is 2.92. The number of hydrogen-bond donors (Lipinski definition) is 0. The standard InChI is InChI=1S/C11H10N2S/c1-14-11-5-4-9(3-2-6-12)7-10(11)8-13/h4-5,7H,2-3H2,1H3. The van der Waals surface area contributed by atoms with Crippen LogP contribution in [0.25, 0.3) is 0 Å². The minimum atomic E-state index is 0.503. The molecule has 1 aromatic rings. The Morgan fingerprint density at radius 2 is 2.14 bits per heavy atom. The highest BCUT2D eigenvalue weighted by molar-refractivity contribution is 7.98. The Bertz CT molecular complexity index is 399. The van der Waals surface area contributed by atoms with Gasteiger partial charge in [-0.1, -0.05) is 6.07 Å². The van der Waals surface area contributed by atoms with Crippen molar-refractivity contribution in [3.8, 4) is 12.1 Å². The SMILES string of the molecule is CSc1ccc(CCC#N)cc1C#N. The van der Waals surface area contributed by atoms with Crippen LogP contribution in [0.2, 0.25) is 0 Å². The van der Waals surface area contributed by atoms with E-state index in [9.17, 15) is 0 Å². The first-order chi connectivity index (χ1) is 6.81. The van der Waals surface area contributed by atoms with Crippen LogP contribution in [0.15, 0.2) is 23.1 Å². The average Bonchev–Trinajstić information content (AvgIpc) is 2.25. The molecule has 0 N–H and O–H groups in total. The van der Waals surface area contributed by atoms with Crippen molar-refractivity contribution in [1.29, 1.82) is 10.5 Å². The normalized spacial score (nSPS) is 9.07. The van der Waals surface area contributed by atoms with Crippen LogP contribution in [0.5, 0.6) is 0 Å². The average molecular weight is 202 g/mol. The molecule has 0 fully saturated rings. The van der Waals surface area contributed by atoms with Gasteiger partial charge in [-0.25, -0.2) is 0 Å². The second-order valence-corrected chi connectivity index (χ2v) is 3.65. The van der Waals surface area contributed by atoms with E-state index in [0.717, 1.165) is 16.9 Å². The number of aryl methyl sites for hydroxylation is 1. The molecule has 0 aromatic heterocycles. The summed E-state index contributed by atoms with van der Waals surface area (Å²) in [6.07, 6.45) is 3.18. The molecular weight excluding hydrogens is 192 g/mol. The quantitative estimate of drug-likeness (QED) is 0.708. The summed E-state index contributed by atoms with van der Waals surface area (Å²) in [5.74, 6) is 0. The molecule has 0 bridgehead atoms. The van der Waals surface area contributed by atoms with Crippen LogP contribution in [0, 0.1) is 22.7 Å². The van der Waals surface area contributed by atoms with Crippen molar-refractivity contribution < 1.29 is 0 Å². The Hall–Kier alpha value is -1.45. The zero-order chi connectivity index (χ0) is 10.4. The lowest BCUT2D eigenvalue weighted by molar-refractivity contribution is 1.01. The third-order valence-corrected chi connectivity index (χ3v) is 2.71. The molecule has 0 unspecified atom stereocenters. The Kier molecular flexibility index (Phi) is 4.04. The van der Waals surface area contributed by atoms with Crippen LogP contribution in [0.4, 0.5) is 0 Å². The highest BCUT2D eigenvalue weighted by Crippen LogP contribution is 2.21. The molecular formula is C11H10N2S. The second-order valence-electron chi connectivity index (χ2n) is 2.80. The lowest BCUT2D eigenvalue weighted by Gasteiger charge is -2.02. The van der Waals surface area contributed by atoms with E-state index in [1.165, 1.54) is 0 Å². The van der Waals surface area contributed by atoms with Crippen LogP contribution in [-0.4, -0.2) is 6.26 Å². The van der Waals surface area contributed by atoms with Gasteiger partial charge in [0, 0.05) is 11.3 Å². The first kappa shape index (κ1) is 10.6. The van der Waals surface area contributed by atoms with Gasteiger partial charge in [-0.2, -0.15) is 10.5 Å². The van der Waals surface area contributed by atoms with Crippen molar-refractivity contribution in [3.63, 3.8) is 0 Å². The van der Waals surface area contributed by atoms with Crippen LogP contribution in [-0.2, 0) is 6.42 Å². The molecule has 0 spiro atoms. The van der Waals surface area contributed by atoms with Crippen LogP contribution in [0.1, 0.15) is 17.5 Å². The van der Waals surface area contributed by atoms with Gasteiger partial charge in [0.25, 0.3) is 0 Å². The fourth-order valence-electron chi connectivity index (χ4n) is 1.20. The molecule has 0 heterocycles. The van der Waals surface area contributed by atoms with Gasteiger partial charge in [-0.15, -0.1) is 11.8 Å². The molecule has 0 radical (unpaired) electrons. The molecule has 0 aliphatic carbocycles. The van der Waals surface area contributed by atoms with Crippen molar-refractivity contribution in [2.24, 2.45) is 0 Å². The largest absolute Gasteiger partial charge is 0.198 e. The molecule has 0 aliphatic heterocycles. The van der Waals surface area contributed by atoms with Crippen LogP contribution in [0.3, 0.4) is 0 Å². The summed E-state index contributed by atoms with van der Waals surface area (Å²) >= 11 is 1.57. The van der Waals surface area contributed by atoms with Gasteiger partial charge in [0.05, 0.1) is 11.6 Å². The molecule has 1 aromatic carbocycles. The molecule has 2 nitrogen and oxygen atoms in total. The van der Waals surface area contributed by atoms with E-state index in [0.29, 0.717) is 12.0 Å². The zero-order valence-electron chi connectivity index (χ0n) is 7.95. The predicted octanol–water partition coefficient (Wildman–Crippen LogP) is 2.74. The summed E-state index contributed by atoms with van der Waals surface area (Å²) in [5.41, 5.74) is 1.76. The zero-order valence-corrected chi connectivity index (χ0v) is 8.77. The summed E-state index contributed by atoms with van der Waals surface area (Å²) in [4.78, 5) is 0.994. The Morgan fingerprint density at radius 1 is 1.36 bits per heavy atom. The lowest BCUT2D eigenvalue weighted by Crippen LogP contribution is -1.87. The summed E-state index contributed by atoms with van der Waals surface area (Å²) in [7, 11) is 0. The molecule has 14 heavy (non-hydrogen) atoms. The van der Waals surface area contributed by atoms with E-state index in [2.05, 4.69) is 12.1 Å². The first-order valence-corrected chi connectivity index (χ1v) is 5.48. The maximum absolute atomic E-state index is 8.87. The fraction of sp³-hybridized carbons (Fsp3) is 0.273. The molecule has 0 aliphatic rings. The van der Waals surface area contributed by atoms with Crippen molar-refractivity contribution in [1.82, 2.24) is 0 Å². The molecule has 70 valence electrons. The lowest BCUT2D eigenvalue weighted by atomic mass is 10.1. The van der Waals surface area contributed by atoms with Crippen LogP contribution < -0.4 is 0 Å². The first-order valence-electron chi connectivity index (χ1n) is 4.25. The van der Waals surface area contributed by atoms with Gasteiger partial charge < -0.3 is 0 Å². The third kappa shape index (κ3) is 2.52. The number of nitriles is 2. The Morgan fingerprint density at radius 3 is 2.71 bits per heavy atom. The summed E-state index contributed by atoms with van der Waals surface area (Å²) in [6.45, 7) is 0. The van der Waals surface area contributed by atoms with Gasteiger partial charge in [-0.05, 0) is 30.4 Å². The van der Waals surface area contributed by atoms with Crippen LogP contribution >= 0.6 is 11.8 Å². The van der Waals surface area contributed by atoms with Crippen molar-refractivity contribution in [3.05, 3.63) is 29.3 Å². The summed E-state index contributed by atoms with van der Waals surface area (Å²) < 4.78 is 0. The molecule has 0 amide bonds. The van der Waals surface area contributed by atoms with Gasteiger partial charge in [0.1, 0.15) is 6.07 Å². The van der Waals surface area contributed by atoms with Gasteiger partial charge in [-0.3, -0.25) is 0 Å². The van der Waals surface area contributed by atoms with Crippen molar-refractivity contribution in [2.45, 2.75) is 17.7 Å². The third-order valence-electron chi connectivity index (χ3n) is 1.91. The number of thioether (sulfide) groups is 1. The molecule has 0 atom stereocenters. The Labute approximate surface area is 88.2 Å². The second kappa shape index (κ2) is 5.32. The van der Waals surface area contributed by atoms with Crippen molar-refractivity contribution >= 4 is 11.8 Å². The van der Waals surface area contributed by atoms with Gasteiger partial charge in [0.2, 0.25) is 0 Å². The molecule has 0 saturated heterocycles.